The SMILES string of the molecule is CCOC(=O)[C@H](CCc1ccccc1)N[C@@H](C)C(=O)OC(C)(C)C.Cl. The van der Waals surface area contributed by atoms with Crippen molar-refractivity contribution in [3.05, 3.63) is 35.9 Å². The minimum Gasteiger partial charge on any atom is -0.465 e. The molecule has 25 heavy (non-hydrogen) atoms. The number of benzene rings is 1. The van der Waals surface area contributed by atoms with E-state index in [1.807, 2.05) is 51.1 Å². The molecule has 0 aliphatic rings. The van der Waals surface area contributed by atoms with Crippen molar-refractivity contribution in [2.75, 3.05) is 6.61 Å². The number of rotatable bonds is 8. The fourth-order valence-electron chi connectivity index (χ4n) is 2.23. The van der Waals surface area contributed by atoms with E-state index in [-0.39, 0.29) is 24.3 Å². The van der Waals surface area contributed by atoms with Crippen LogP contribution in [0.25, 0.3) is 0 Å². The lowest BCUT2D eigenvalue weighted by atomic mass is 10.0. The average molecular weight is 372 g/mol. The predicted octanol–water partition coefficient (Wildman–Crippen LogP) is 3.29. The zero-order valence-electron chi connectivity index (χ0n) is 15.7. The lowest BCUT2D eigenvalue weighted by molar-refractivity contribution is -0.157. The summed E-state index contributed by atoms with van der Waals surface area (Å²) in [6.45, 7) is 9.22. The molecule has 1 aromatic rings. The van der Waals surface area contributed by atoms with Gasteiger partial charge in [0.15, 0.2) is 0 Å². The summed E-state index contributed by atoms with van der Waals surface area (Å²) < 4.78 is 10.5. The Bertz CT molecular complexity index is 528. The summed E-state index contributed by atoms with van der Waals surface area (Å²) in [4.78, 5) is 24.3. The lowest BCUT2D eigenvalue weighted by Crippen LogP contribution is -2.48. The first-order valence-electron chi connectivity index (χ1n) is 8.42. The van der Waals surface area contributed by atoms with Crippen LogP contribution in [0.4, 0.5) is 0 Å². The van der Waals surface area contributed by atoms with E-state index < -0.39 is 17.7 Å². The maximum Gasteiger partial charge on any atom is 0.323 e. The van der Waals surface area contributed by atoms with E-state index in [9.17, 15) is 9.59 Å². The number of halogens is 1. The molecule has 0 heterocycles. The van der Waals surface area contributed by atoms with E-state index in [1.54, 1.807) is 13.8 Å². The van der Waals surface area contributed by atoms with Gasteiger partial charge in [-0.3, -0.25) is 14.9 Å². The van der Waals surface area contributed by atoms with Crippen LogP contribution in [0.15, 0.2) is 30.3 Å². The van der Waals surface area contributed by atoms with Crippen molar-refractivity contribution < 1.29 is 19.1 Å². The third-order valence-electron chi connectivity index (χ3n) is 3.35. The number of aryl methyl sites for hydroxylation is 1. The summed E-state index contributed by atoms with van der Waals surface area (Å²) in [7, 11) is 0. The molecule has 142 valence electrons. The standard InChI is InChI=1S/C19H29NO4.ClH/c1-6-23-18(22)16(13-12-15-10-8-7-9-11-15)20-14(2)17(21)24-19(3,4)5;/h7-11,14,16,20H,6,12-13H2,1-5H3;1H/t14-,16-;/m0./s1. The Hall–Kier alpha value is -1.59. The molecule has 0 aliphatic carbocycles. The zero-order chi connectivity index (χ0) is 18.2. The zero-order valence-corrected chi connectivity index (χ0v) is 16.5. The van der Waals surface area contributed by atoms with Crippen LogP contribution in [0.1, 0.15) is 46.6 Å². The molecule has 0 aromatic heterocycles. The monoisotopic (exact) mass is 371 g/mol. The second-order valence-corrected chi connectivity index (χ2v) is 6.75. The molecule has 0 bridgehead atoms. The van der Waals surface area contributed by atoms with Gasteiger partial charge in [0.25, 0.3) is 0 Å². The van der Waals surface area contributed by atoms with E-state index in [2.05, 4.69) is 5.32 Å². The second-order valence-electron chi connectivity index (χ2n) is 6.75. The molecule has 0 unspecified atom stereocenters. The normalized spacial score (nSPS) is 13.3. The van der Waals surface area contributed by atoms with E-state index >= 15 is 0 Å². The molecule has 1 aromatic carbocycles. The topological polar surface area (TPSA) is 64.6 Å². The largest absolute Gasteiger partial charge is 0.465 e. The summed E-state index contributed by atoms with van der Waals surface area (Å²) in [5.74, 6) is -0.722. The fraction of sp³-hybridized carbons (Fsp3) is 0.579. The Morgan fingerprint density at radius 2 is 1.72 bits per heavy atom. The van der Waals surface area contributed by atoms with Crippen molar-refractivity contribution in [3.8, 4) is 0 Å². The van der Waals surface area contributed by atoms with Gasteiger partial charge >= 0.3 is 11.9 Å². The van der Waals surface area contributed by atoms with Gasteiger partial charge in [0.1, 0.15) is 17.7 Å². The third-order valence-corrected chi connectivity index (χ3v) is 3.35. The highest BCUT2D eigenvalue weighted by Gasteiger charge is 2.27. The van der Waals surface area contributed by atoms with Gasteiger partial charge in [-0.1, -0.05) is 30.3 Å². The van der Waals surface area contributed by atoms with E-state index in [0.29, 0.717) is 13.0 Å². The van der Waals surface area contributed by atoms with E-state index in [4.69, 9.17) is 9.47 Å². The van der Waals surface area contributed by atoms with Crippen molar-refractivity contribution in [3.63, 3.8) is 0 Å². The summed E-state index contributed by atoms with van der Waals surface area (Å²) >= 11 is 0. The summed E-state index contributed by atoms with van der Waals surface area (Å²) in [5, 5.41) is 3.05. The van der Waals surface area contributed by atoms with Gasteiger partial charge in [0, 0.05) is 0 Å². The van der Waals surface area contributed by atoms with Crippen LogP contribution >= 0.6 is 12.4 Å². The summed E-state index contributed by atoms with van der Waals surface area (Å²) in [6, 6.07) is 8.77. The molecule has 5 nitrogen and oxygen atoms in total. The van der Waals surface area contributed by atoms with Crippen molar-refractivity contribution >= 4 is 24.3 Å². The first kappa shape index (κ1) is 23.4. The van der Waals surface area contributed by atoms with Crippen LogP contribution in [0, 0.1) is 0 Å². The second kappa shape index (κ2) is 11.1. The number of carbonyl (C=O) groups is 2. The smallest absolute Gasteiger partial charge is 0.323 e. The number of esters is 2. The number of carbonyl (C=O) groups excluding carboxylic acids is 2. The van der Waals surface area contributed by atoms with E-state index in [1.165, 1.54) is 0 Å². The Kier molecular flexibility index (Phi) is 10.4. The molecule has 0 fully saturated rings. The molecule has 0 saturated carbocycles. The minimum absolute atomic E-state index is 0. The Morgan fingerprint density at radius 1 is 1.12 bits per heavy atom. The minimum atomic E-state index is -0.589. The van der Waals surface area contributed by atoms with E-state index in [0.717, 1.165) is 12.0 Å². The number of nitrogens with one attached hydrogen (secondary N) is 1. The van der Waals surface area contributed by atoms with Crippen LogP contribution in [-0.4, -0.2) is 36.2 Å². The number of hydrogen-bond acceptors (Lipinski definition) is 5. The molecule has 0 aliphatic heterocycles. The van der Waals surface area contributed by atoms with Crippen LogP contribution in [-0.2, 0) is 25.5 Å². The first-order chi connectivity index (χ1) is 11.2. The molecule has 0 amide bonds. The van der Waals surface area contributed by atoms with Crippen LogP contribution in [0.2, 0.25) is 0 Å². The van der Waals surface area contributed by atoms with Gasteiger partial charge < -0.3 is 9.47 Å². The highest BCUT2D eigenvalue weighted by Crippen LogP contribution is 2.11. The lowest BCUT2D eigenvalue weighted by Gasteiger charge is -2.25. The van der Waals surface area contributed by atoms with Crippen LogP contribution in [0.3, 0.4) is 0 Å². The number of ether oxygens (including phenoxy) is 2. The van der Waals surface area contributed by atoms with Gasteiger partial charge in [-0.25, -0.2) is 0 Å². The fourth-order valence-corrected chi connectivity index (χ4v) is 2.23. The summed E-state index contributed by atoms with van der Waals surface area (Å²) in [5.41, 5.74) is 0.578. The van der Waals surface area contributed by atoms with Crippen molar-refractivity contribution in [1.82, 2.24) is 5.32 Å². The predicted molar refractivity (Wildman–Crippen MR) is 101 cm³/mol. The van der Waals surface area contributed by atoms with Gasteiger partial charge in [-0.05, 0) is 53.0 Å². The molecule has 0 saturated heterocycles. The molecule has 2 atom stereocenters. The van der Waals surface area contributed by atoms with Gasteiger partial charge in [0.05, 0.1) is 6.61 Å². The highest BCUT2D eigenvalue weighted by molar-refractivity contribution is 5.85. The first-order valence-corrected chi connectivity index (χ1v) is 8.42. The molecule has 1 N–H and O–H groups in total. The maximum absolute atomic E-state index is 12.2. The third kappa shape index (κ3) is 9.46. The summed E-state index contributed by atoms with van der Waals surface area (Å²) in [6.07, 6.45) is 1.27. The highest BCUT2D eigenvalue weighted by atomic mass is 35.5. The molecule has 0 spiro atoms. The van der Waals surface area contributed by atoms with Gasteiger partial charge in [-0.2, -0.15) is 0 Å². The maximum atomic E-state index is 12.2. The Balaban J connectivity index is 0.00000576. The van der Waals surface area contributed by atoms with Crippen molar-refractivity contribution in [1.29, 1.82) is 0 Å². The van der Waals surface area contributed by atoms with Gasteiger partial charge in [0.2, 0.25) is 0 Å². The number of hydrogen-bond donors (Lipinski definition) is 1. The molecule has 1 rings (SSSR count). The van der Waals surface area contributed by atoms with Crippen LogP contribution < -0.4 is 5.32 Å². The molecule has 6 heteroatoms. The molecular formula is C19H30ClNO4. The molecular weight excluding hydrogens is 342 g/mol. The van der Waals surface area contributed by atoms with Crippen molar-refractivity contribution in [2.24, 2.45) is 0 Å². The quantitative estimate of drug-likeness (QED) is 0.710. The Labute approximate surface area is 156 Å². The van der Waals surface area contributed by atoms with Crippen molar-refractivity contribution in [2.45, 2.75) is 65.1 Å². The molecule has 0 radical (unpaired) electrons. The van der Waals surface area contributed by atoms with Gasteiger partial charge in [-0.15, -0.1) is 12.4 Å². The van der Waals surface area contributed by atoms with Crippen LogP contribution in [0.5, 0.6) is 0 Å². The average Bonchev–Trinajstić information content (AvgIpc) is 2.50. The Morgan fingerprint density at radius 3 is 2.24 bits per heavy atom.